The molecule has 0 radical (unpaired) electrons. The van der Waals surface area contributed by atoms with Gasteiger partial charge in [0.05, 0.1) is 21.8 Å². The van der Waals surface area contributed by atoms with E-state index in [1.54, 1.807) is 18.2 Å². The number of fused-ring (bicyclic) bond motifs is 1. The highest BCUT2D eigenvalue weighted by Crippen LogP contribution is 2.44. The number of hydrogen-bond acceptors (Lipinski definition) is 3. The van der Waals surface area contributed by atoms with Gasteiger partial charge in [-0.2, -0.15) is 0 Å². The van der Waals surface area contributed by atoms with E-state index in [2.05, 4.69) is 47.3 Å². The summed E-state index contributed by atoms with van der Waals surface area (Å²) in [5.41, 5.74) is 2.83. The summed E-state index contributed by atoms with van der Waals surface area (Å²) in [5.74, 6) is 0.0208. The normalized spacial score (nSPS) is 15.6. The van der Waals surface area contributed by atoms with Gasteiger partial charge < -0.3 is 10.6 Å². The van der Waals surface area contributed by atoms with Gasteiger partial charge in [0.15, 0.2) is 0 Å². The Kier molecular flexibility index (Phi) is 6.99. The van der Waals surface area contributed by atoms with Gasteiger partial charge in [-0.1, -0.05) is 56.6 Å². The average molecular weight is 546 g/mol. The Labute approximate surface area is 211 Å². The molecule has 2 amide bonds. The first-order valence-corrected chi connectivity index (χ1v) is 12.9. The van der Waals surface area contributed by atoms with Gasteiger partial charge in [0.1, 0.15) is 5.00 Å². The molecule has 3 aromatic rings. The standard InChI is InChI=1S/C26H26BrClN2O2S/c1-26(2,3)15-12-13-17-21(14-15)33-25(30-23(31)16-8-4-5-9-18(16)27)22(17)24(32)29-20-11-7-6-10-19(20)28/h4-11,15H,12-14H2,1-3H3,(H,29,32)(H,30,31). The monoisotopic (exact) mass is 544 g/mol. The highest BCUT2D eigenvalue weighted by Gasteiger charge is 2.34. The molecule has 1 unspecified atom stereocenters. The molecular formula is C26H26BrClN2O2S. The Balaban J connectivity index is 1.71. The lowest BCUT2D eigenvalue weighted by molar-refractivity contribution is 0.102. The summed E-state index contributed by atoms with van der Waals surface area (Å²) in [7, 11) is 0. The van der Waals surface area contributed by atoms with Gasteiger partial charge in [0.2, 0.25) is 0 Å². The summed E-state index contributed by atoms with van der Waals surface area (Å²) in [6, 6.07) is 14.4. The van der Waals surface area contributed by atoms with Crippen LogP contribution in [-0.4, -0.2) is 11.8 Å². The molecular weight excluding hydrogens is 520 g/mol. The van der Waals surface area contributed by atoms with Crippen molar-refractivity contribution in [3.05, 3.63) is 79.6 Å². The average Bonchev–Trinajstić information content (AvgIpc) is 3.12. The van der Waals surface area contributed by atoms with E-state index < -0.39 is 0 Å². The molecule has 0 saturated heterocycles. The molecule has 172 valence electrons. The number of benzene rings is 2. The fourth-order valence-electron chi connectivity index (χ4n) is 4.22. The summed E-state index contributed by atoms with van der Waals surface area (Å²) in [6.07, 6.45) is 2.72. The van der Waals surface area contributed by atoms with Gasteiger partial charge in [-0.25, -0.2) is 0 Å². The third-order valence-electron chi connectivity index (χ3n) is 6.18. The van der Waals surface area contributed by atoms with Crippen molar-refractivity contribution in [1.82, 2.24) is 0 Å². The minimum Gasteiger partial charge on any atom is -0.321 e. The predicted molar refractivity (Wildman–Crippen MR) is 141 cm³/mol. The third-order valence-corrected chi connectivity index (χ3v) is 8.38. The van der Waals surface area contributed by atoms with Gasteiger partial charge in [0.25, 0.3) is 11.8 Å². The van der Waals surface area contributed by atoms with Crippen LogP contribution in [0.5, 0.6) is 0 Å². The third kappa shape index (κ3) is 5.18. The maximum atomic E-state index is 13.5. The number of para-hydroxylation sites is 1. The highest BCUT2D eigenvalue weighted by molar-refractivity contribution is 9.10. The molecule has 1 heterocycles. The van der Waals surface area contributed by atoms with E-state index in [1.807, 2.05) is 30.3 Å². The van der Waals surface area contributed by atoms with E-state index >= 15 is 0 Å². The molecule has 4 nitrogen and oxygen atoms in total. The molecule has 1 aliphatic rings. The van der Waals surface area contributed by atoms with Gasteiger partial charge in [-0.3, -0.25) is 9.59 Å². The van der Waals surface area contributed by atoms with Crippen LogP contribution in [0, 0.1) is 11.3 Å². The molecule has 0 saturated carbocycles. The molecule has 1 atom stereocenters. The van der Waals surface area contributed by atoms with Crippen molar-refractivity contribution in [2.45, 2.75) is 40.0 Å². The Hall–Kier alpha value is -2.15. The lowest BCUT2D eigenvalue weighted by atomic mass is 9.72. The zero-order chi connectivity index (χ0) is 23.8. The van der Waals surface area contributed by atoms with Gasteiger partial charge in [-0.05, 0) is 76.4 Å². The summed E-state index contributed by atoms with van der Waals surface area (Å²) in [4.78, 5) is 27.7. The number of halogens is 2. The molecule has 33 heavy (non-hydrogen) atoms. The van der Waals surface area contributed by atoms with Crippen LogP contribution in [0.1, 0.15) is 58.3 Å². The van der Waals surface area contributed by atoms with Crippen molar-refractivity contribution in [2.75, 3.05) is 10.6 Å². The minimum atomic E-state index is -0.253. The lowest BCUT2D eigenvalue weighted by Crippen LogP contribution is -2.27. The Bertz CT molecular complexity index is 1220. The maximum Gasteiger partial charge on any atom is 0.258 e. The number of amides is 2. The first-order valence-electron chi connectivity index (χ1n) is 10.9. The molecule has 0 fully saturated rings. The van der Waals surface area contributed by atoms with Crippen LogP contribution in [0.3, 0.4) is 0 Å². The van der Waals surface area contributed by atoms with Crippen LogP contribution >= 0.6 is 38.9 Å². The van der Waals surface area contributed by atoms with Crippen LogP contribution in [0.15, 0.2) is 53.0 Å². The van der Waals surface area contributed by atoms with Crippen molar-refractivity contribution in [1.29, 1.82) is 0 Å². The van der Waals surface area contributed by atoms with Crippen molar-refractivity contribution >= 4 is 61.4 Å². The molecule has 2 aromatic carbocycles. The van der Waals surface area contributed by atoms with E-state index in [0.717, 1.165) is 24.8 Å². The molecule has 1 aromatic heterocycles. The van der Waals surface area contributed by atoms with Gasteiger partial charge in [-0.15, -0.1) is 11.3 Å². The quantitative estimate of drug-likeness (QED) is 0.351. The van der Waals surface area contributed by atoms with Crippen LogP contribution in [-0.2, 0) is 12.8 Å². The molecule has 7 heteroatoms. The van der Waals surface area contributed by atoms with Crippen LogP contribution < -0.4 is 10.6 Å². The number of rotatable bonds is 4. The van der Waals surface area contributed by atoms with Gasteiger partial charge >= 0.3 is 0 Å². The molecule has 0 bridgehead atoms. The largest absolute Gasteiger partial charge is 0.321 e. The van der Waals surface area contributed by atoms with Crippen molar-refractivity contribution in [2.24, 2.45) is 11.3 Å². The zero-order valence-corrected chi connectivity index (χ0v) is 22.0. The second-order valence-electron chi connectivity index (χ2n) is 9.38. The number of carbonyl (C=O) groups is 2. The zero-order valence-electron chi connectivity index (χ0n) is 18.8. The number of anilines is 2. The SMILES string of the molecule is CC(C)(C)C1CCc2c(sc(NC(=O)c3ccccc3Br)c2C(=O)Nc2ccccc2Cl)C1. The van der Waals surface area contributed by atoms with Crippen molar-refractivity contribution in [3.8, 4) is 0 Å². The fraction of sp³-hybridized carbons (Fsp3) is 0.308. The number of hydrogen-bond donors (Lipinski definition) is 2. The maximum absolute atomic E-state index is 13.5. The highest BCUT2D eigenvalue weighted by atomic mass is 79.9. The summed E-state index contributed by atoms with van der Waals surface area (Å²) >= 11 is 11.2. The Morgan fingerprint density at radius 1 is 1.03 bits per heavy atom. The summed E-state index contributed by atoms with van der Waals surface area (Å²) < 4.78 is 0.707. The Morgan fingerprint density at radius 3 is 2.42 bits per heavy atom. The second-order valence-corrected chi connectivity index (χ2v) is 11.7. The minimum absolute atomic E-state index is 0.181. The molecule has 1 aliphatic carbocycles. The van der Waals surface area contributed by atoms with Crippen LogP contribution in [0.4, 0.5) is 10.7 Å². The van der Waals surface area contributed by atoms with Crippen LogP contribution in [0.2, 0.25) is 5.02 Å². The van der Waals surface area contributed by atoms with E-state index in [1.165, 1.54) is 16.2 Å². The Morgan fingerprint density at radius 2 is 1.73 bits per heavy atom. The smallest absolute Gasteiger partial charge is 0.258 e. The molecule has 0 spiro atoms. The molecule has 4 rings (SSSR count). The van der Waals surface area contributed by atoms with E-state index in [0.29, 0.717) is 37.2 Å². The first kappa shape index (κ1) is 24.0. The topological polar surface area (TPSA) is 58.2 Å². The first-order chi connectivity index (χ1) is 15.6. The van der Waals surface area contributed by atoms with Crippen molar-refractivity contribution in [3.63, 3.8) is 0 Å². The van der Waals surface area contributed by atoms with Crippen LogP contribution in [0.25, 0.3) is 0 Å². The number of nitrogens with one attached hydrogen (secondary N) is 2. The second kappa shape index (κ2) is 9.61. The molecule has 0 aliphatic heterocycles. The molecule has 2 N–H and O–H groups in total. The summed E-state index contributed by atoms with van der Waals surface area (Å²) in [5, 5.41) is 7.02. The van der Waals surface area contributed by atoms with Crippen molar-refractivity contribution < 1.29 is 9.59 Å². The number of thiophene rings is 1. The van der Waals surface area contributed by atoms with Gasteiger partial charge in [0, 0.05) is 9.35 Å². The van der Waals surface area contributed by atoms with E-state index in [-0.39, 0.29) is 17.2 Å². The summed E-state index contributed by atoms with van der Waals surface area (Å²) in [6.45, 7) is 6.78. The fourth-order valence-corrected chi connectivity index (χ4v) is 6.18. The van der Waals surface area contributed by atoms with E-state index in [4.69, 9.17) is 11.6 Å². The number of carbonyl (C=O) groups excluding carboxylic acids is 2. The lowest BCUT2D eigenvalue weighted by Gasteiger charge is -2.33. The van der Waals surface area contributed by atoms with E-state index in [9.17, 15) is 9.59 Å². The predicted octanol–water partition coefficient (Wildman–Crippen LogP) is 7.82.